The van der Waals surface area contributed by atoms with Crippen molar-refractivity contribution in [3.05, 3.63) is 35.4 Å². The van der Waals surface area contributed by atoms with E-state index >= 15 is 0 Å². The fourth-order valence-electron chi connectivity index (χ4n) is 8.31. The Morgan fingerprint density at radius 3 is 1.86 bits per heavy atom. The third-order valence-electron chi connectivity index (χ3n) is 11.2. The van der Waals surface area contributed by atoms with Crippen LogP contribution in [0, 0.1) is 23.7 Å². The second-order valence-corrected chi connectivity index (χ2v) is 16.6. The topological polar surface area (TPSA) is 174 Å². The van der Waals surface area contributed by atoms with E-state index in [1.807, 2.05) is 60.5 Å². The molecule has 5 unspecified atom stereocenters. The van der Waals surface area contributed by atoms with Crippen molar-refractivity contribution in [3.8, 4) is 0 Å². The highest BCUT2D eigenvalue weighted by Gasteiger charge is 2.46. The molecular weight excluding hydrogens is 720 g/mol. The van der Waals surface area contributed by atoms with Gasteiger partial charge in [-0.2, -0.15) is 0 Å². The van der Waals surface area contributed by atoms with Gasteiger partial charge in [-0.3, -0.25) is 38.5 Å². The fraction of sp³-hybridized carbons (Fsp3) is 0.659. The van der Waals surface area contributed by atoms with E-state index in [0.717, 1.165) is 0 Å². The van der Waals surface area contributed by atoms with Gasteiger partial charge in [0.1, 0.15) is 18.1 Å². The van der Waals surface area contributed by atoms with Gasteiger partial charge >= 0.3 is 5.97 Å². The normalized spacial score (nSPS) is 20.3. The number of hydroxylamine groups is 2. The lowest BCUT2D eigenvalue weighted by Gasteiger charge is -2.38. The Hall–Kier alpha value is -4.66. The van der Waals surface area contributed by atoms with Gasteiger partial charge in [-0.25, -0.2) is 4.79 Å². The van der Waals surface area contributed by atoms with E-state index in [1.165, 1.54) is 17.0 Å². The number of benzene rings is 1. The molecule has 1 aromatic rings. The number of imide groups is 1. The molecule has 3 aliphatic rings. The van der Waals surface area contributed by atoms with Crippen molar-refractivity contribution in [3.63, 3.8) is 0 Å². The molecule has 0 aromatic heterocycles. The number of Topliss-reactive ketones (excluding diaryl/α,β-unsaturated/α-hetero) is 1. The predicted molar refractivity (Wildman–Crippen MR) is 206 cm³/mol. The number of nitrogens with zero attached hydrogens (tertiary/aromatic N) is 5. The first-order chi connectivity index (χ1) is 26.3. The average molecular weight is 781 g/mol. The van der Waals surface area contributed by atoms with Crippen molar-refractivity contribution < 1.29 is 43.2 Å². The Morgan fingerprint density at radius 2 is 1.32 bits per heavy atom. The number of carbonyl (C=O) groups is 8. The van der Waals surface area contributed by atoms with Gasteiger partial charge in [-0.1, -0.05) is 53.7 Å². The summed E-state index contributed by atoms with van der Waals surface area (Å²) in [4.78, 5) is 117. The van der Waals surface area contributed by atoms with Crippen molar-refractivity contribution in [2.45, 2.75) is 117 Å². The van der Waals surface area contributed by atoms with Gasteiger partial charge in [0.05, 0.1) is 11.6 Å². The summed E-state index contributed by atoms with van der Waals surface area (Å²) in [6.07, 6.45) is 2.18. The molecule has 308 valence electrons. The van der Waals surface area contributed by atoms with Gasteiger partial charge < -0.3 is 24.9 Å². The SMILES string of the molecule is CC(C)C(CC(=O)C(C(C)C)N(C)C)C(=O)N(C)C(C(=O)N1CCCC1C(=O)N1CCCC1C(=O)NCc1ccc(C(=O)ON2C(=O)CCC2=O)cc1)C(C)C. The third kappa shape index (κ3) is 10.0. The molecule has 3 saturated heterocycles. The van der Waals surface area contributed by atoms with Crippen LogP contribution < -0.4 is 5.32 Å². The highest BCUT2D eigenvalue weighted by molar-refractivity contribution is 6.03. The van der Waals surface area contributed by atoms with Crippen LogP contribution >= 0.6 is 0 Å². The van der Waals surface area contributed by atoms with Crippen molar-refractivity contribution >= 4 is 47.2 Å². The Kier molecular flexibility index (Phi) is 14.9. The summed E-state index contributed by atoms with van der Waals surface area (Å²) < 4.78 is 0. The highest BCUT2D eigenvalue weighted by Crippen LogP contribution is 2.29. The largest absolute Gasteiger partial charge is 0.363 e. The predicted octanol–water partition coefficient (Wildman–Crippen LogP) is 2.81. The van der Waals surface area contributed by atoms with E-state index in [1.54, 1.807) is 29.0 Å². The van der Waals surface area contributed by atoms with Crippen LogP contribution in [-0.4, -0.2) is 130 Å². The molecule has 4 rings (SSSR count). The lowest BCUT2D eigenvalue weighted by atomic mass is 9.84. The zero-order valence-corrected chi connectivity index (χ0v) is 34.4. The minimum absolute atomic E-state index is 0.00900. The number of nitrogens with one attached hydrogen (secondary N) is 1. The van der Waals surface area contributed by atoms with Crippen molar-refractivity contribution in [2.24, 2.45) is 23.7 Å². The molecule has 0 radical (unpaired) electrons. The molecule has 3 fully saturated rings. The van der Waals surface area contributed by atoms with Gasteiger partial charge in [0.15, 0.2) is 5.78 Å². The fourth-order valence-corrected chi connectivity index (χ4v) is 8.31. The van der Waals surface area contributed by atoms with E-state index in [2.05, 4.69) is 5.32 Å². The van der Waals surface area contributed by atoms with E-state index in [0.29, 0.717) is 49.4 Å². The minimum atomic E-state index is -0.853. The van der Waals surface area contributed by atoms with Crippen LogP contribution in [-0.2, 0) is 44.9 Å². The molecule has 1 N–H and O–H groups in total. The maximum absolute atomic E-state index is 14.4. The Bertz CT molecular complexity index is 1630. The van der Waals surface area contributed by atoms with Crippen LogP contribution in [0.5, 0.6) is 0 Å². The molecule has 3 heterocycles. The van der Waals surface area contributed by atoms with Crippen LogP contribution in [0.25, 0.3) is 0 Å². The number of likely N-dealkylation sites (tertiary alicyclic amines) is 2. The van der Waals surface area contributed by atoms with Crippen LogP contribution in [0.2, 0.25) is 0 Å². The molecular formula is C41H60N6O9. The molecule has 5 atom stereocenters. The van der Waals surface area contributed by atoms with Gasteiger partial charge in [0.25, 0.3) is 11.8 Å². The number of likely N-dealkylation sites (N-methyl/N-ethyl adjacent to an activating group) is 2. The molecule has 0 spiro atoms. The van der Waals surface area contributed by atoms with Gasteiger partial charge in [-0.15, -0.1) is 5.06 Å². The summed E-state index contributed by atoms with van der Waals surface area (Å²) in [6, 6.07) is 3.49. The summed E-state index contributed by atoms with van der Waals surface area (Å²) in [5.74, 6) is -4.21. The summed E-state index contributed by atoms with van der Waals surface area (Å²) >= 11 is 0. The van der Waals surface area contributed by atoms with Crippen LogP contribution in [0.15, 0.2) is 24.3 Å². The standard InChI is InChI=1S/C41H60N6O9/c1-24(2)29(22-32(48)35(25(3)4)43(7)8)38(52)44(9)36(26(5)6)40(54)46-21-11-13-31(46)39(53)45-20-10-12-30(45)37(51)42-23-27-14-16-28(17-15-27)41(55)56-47-33(49)18-19-34(47)50/h14-17,24-26,29-31,35-36H,10-13,18-23H2,1-9H3,(H,42,51). The zero-order chi connectivity index (χ0) is 41.6. The summed E-state index contributed by atoms with van der Waals surface area (Å²) in [5, 5.41) is 3.37. The van der Waals surface area contributed by atoms with Crippen LogP contribution in [0.4, 0.5) is 0 Å². The van der Waals surface area contributed by atoms with E-state index in [-0.39, 0.29) is 84.6 Å². The Morgan fingerprint density at radius 1 is 0.768 bits per heavy atom. The molecule has 15 heteroatoms. The quantitative estimate of drug-likeness (QED) is 0.246. The number of amides is 6. The van der Waals surface area contributed by atoms with Gasteiger partial charge in [0, 0.05) is 51.9 Å². The van der Waals surface area contributed by atoms with Crippen LogP contribution in [0.1, 0.15) is 102 Å². The Labute approximate surface area is 330 Å². The van der Waals surface area contributed by atoms with Crippen molar-refractivity contribution in [1.29, 1.82) is 0 Å². The van der Waals surface area contributed by atoms with E-state index < -0.39 is 41.8 Å². The number of rotatable bonds is 16. The van der Waals surface area contributed by atoms with Gasteiger partial charge in [0.2, 0.25) is 23.6 Å². The van der Waals surface area contributed by atoms with Crippen molar-refractivity contribution in [2.75, 3.05) is 34.2 Å². The maximum atomic E-state index is 14.4. The number of hydrogen-bond donors (Lipinski definition) is 1. The zero-order valence-electron chi connectivity index (χ0n) is 34.4. The average Bonchev–Trinajstić information content (AvgIpc) is 3.90. The van der Waals surface area contributed by atoms with Crippen LogP contribution in [0.3, 0.4) is 0 Å². The molecule has 0 aliphatic carbocycles. The lowest BCUT2D eigenvalue weighted by Crippen LogP contribution is -2.58. The molecule has 15 nitrogen and oxygen atoms in total. The summed E-state index contributed by atoms with van der Waals surface area (Å²) in [7, 11) is 5.33. The monoisotopic (exact) mass is 780 g/mol. The number of carbonyl (C=O) groups excluding carboxylic acids is 8. The minimum Gasteiger partial charge on any atom is -0.350 e. The summed E-state index contributed by atoms with van der Waals surface area (Å²) in [5.41, 5.74) is 0.798. The molecule has 0 saturated carbocycles. The number of ketones is 1. The first-order valence-corrected chi connectivity index (χ1v) is 19.9. The molecule has 3 aliphatic heterocycles. The third-order valence-corrected chi connectivity index (χ3v) is 11.2. The second-order valence-electron chi connectivity index (χ2n) is 16.6. The molecule has 0 bridgehead atoms. The molecule has 1 aromatic carbocycles. The van der Waals surface area contributed by atoms with Crippen molar-refractivity contribution in [1.82, 2.24) is 30.0 Å². The lowest BCUT2D eigenvalue weighted by molar-refractivity contribution is -0.172. The molecule has 6 amide bonds. The Balaban J connectivity index is 1.39. The van der Waals surface area contributed by atoms with E-state index in [9.17, 15) is 38.4 Å². The van der Waals surface area contributed by atoms with Gasteiger partial charge in [-0.05, 0) is 75.2 Å². The number of hydrogen-bond acceptors (Lipinski definition) is 10. The smallest absolute Gasteiger partial charge is 0.350 e. The first kappa shape index (κ1) is 44.1. The maximum Gasteiger partial charge on any atom is 0.363 e. The second kappa shape index (κ2) is 19.0. The molecule has 56 heavy (non-hydrogen) atoms. The van der Waals surface area contributed by atoms with E-state index in [4.69, 9.17) is 4.84 Å². The summed E-state index contributed by atoms with van der Waals surface area (Å²) in [6.45, 7) is 12.4. The first-order valence-electron chi connectivity index (χ1n) is 19.9. The highest BCUT2D eigenvalue weighted by atomic mass is 16.7.